The first kappa shape index (κ1) is 22.9. The van der Waals surface area contributed by atoms with Crippen molar-refractivity contribution in [3.05, 3.63) is 95.6 Å². The SMILES string of the molecule is CC(NC(=O)CCCNC(=O)c1ccc(F)cc1)c1cccc(OCc2ccccn2)c1. The number of nitrogens with zero attached hydrogens (tertiary/aromatic N) is 1. The van der Waals surface area contributed by atoms with Crippen LogP contribution in [0.25, 0.3) is 0 Å². The molecule has 2 aromatic carbocycles. The summed E-state index contributed by atoms with van der Waals surface area (Å²) >= 11 is 0. The molecule has 0 radical (unpaired) electrons. The Labute approximate surface area is 186 Å². The maximum absolute atomic E-state index is 12.9. The molecule has 166 valence electrons. The van der Waals surface area contributed by atoms with Crippen molar-refractivity contribution in [3.63, 3.8) is 0 Å². The fraction of sp³-hybridized carbons (Fsp3) is 0.240. The highest BCUT2D eigenvalue weighted by Crippen LogP contribution is 2.20. The lowest BCUT2D eigenvalue weighted by atomic mass is 10.1. The van der Waals surface area contributed by atoms with Crippen LogP contribution in [-0.2, 0) is 11.4 Å². The van der Waals surface area contributed by atoms with Gasteiger partial charge in [0.05, 0.1) is 11.7 Å². The number of halogens is 1. The maximum Gasteiger partial charge on any atom is 0.251 e. The monoisotopic (exact) mass is 435 g/mol. The average Bonchev–Trinajstić information content (AvgIpc) is 2.81. The van der Waals surface area contributed by atoms with E-state index in [0.29, 0.717) is 30.9 Å². The summed E-state index contributed by atoms with van der Waals surface area (Å²) in [6, 6.07) is 18.4. The highest BCUT2D eigenvalue weighted by Gasteiger charge is 2.11. The number of hydrogen-bond donors (Lipinski definition) is 2. The van der Waals surface area contributed by atoms with Gasteiger partial charge in [0.2, 0.25) is 5.91 Å². The van der Waals surface area contributed by atoms with Gasteiger partial charge < -0.3 is 15.4 Å². The number of hydrogen-bond acceptors (Lipinski definition) is 4. The predicted octanol–water partition coefficient (Wildman–Crippen LogP) is 4.19. The van der Waals surface area contributed by atoms with Crippen LogP contribution in [0.3, 0.4) is 0 Å². The van der Waals surface area contributed by atoms with Gasteiger partial charge in [0.1, 0.15) is 18.2 Å². The number of aromatic nitrogens is 1. The highest BCUT2D eigenvalue weighted by atomic mass is 19.1. The van der Waals surface area contributed by atoms with E-state index in [0.717, 1.165) is 11.3 Å². The van der Waals surface area contributed by atoms with E-state index in [1.807, 2.05) is 49.4 Å². The minimum absolute atomic E-state index is 0.103. The molecule has 0 aliphatic heterocycles. The second-order valence-electron chi connectivity index (χ2n) is 7.34. The van der Waals surface area contributed by atoms with E-state index in [1.54, 1.807) is 6.20 Å². The van der Waals surface area contributed by atoms with Crippen LogP contribution in [0, 0.1) is 5.82 Å². The fourth-order valence-corrected chi connectivity index (χ4v) is 3.07. The molecule has 0 saturated carbocycles. The molecule has 7 heteroatoms. The lowest BCUT2D eigenvalue weighted by Crippen LogP contribution is -2.29. The van der Waals surface area contributed by atoms with Crippen LogP contribution < -0.4 is 15.4 Å². The minimum Gasteiger partial charge on any atom is -0.487 e. The predicted molar refractivity (Wildman–Crippen MR) is 120 cm³/mol. The van der Waals surface area contributed by atoms with E-state index in [-0.39, 0.29) is 24.3 Å². The number of ether oxygens (including phenoxy) is 1. The largest absolute Gasteiger partial charge is 0.487 e. The fourth-order valence-electron chi connectivity index (χ4n) is 3.07. The molecule has 2 amide bonds. The topological polar surface area (TPSA) is 80.3 Å². The Hall–Kier alpha value is -3.74. The van der Waals surface area contributed by atoms with Gasteiger partial charge >= 0.3 is 0 Å². The molecule has 3 aromatic rings. The quantitative estimate of drug-likeness (QED) is 0.468. The molecule has 6 nitrogen and oxygen atoms in total. The zero-order valence-electron chi connectivity index (χ0n) is 17.9. The van der Waals surface area contributed by atoms with E-state index >= 15 is 0 Å². The summed E-state index contributed by atoms with van der Waals surface area (Å²) in [5, 5.41) is 5.69. The van der Waals surface area contributed by atoms with Crippen molar-refractivity contribution in [3.8, 4) is 5.75 Å². The van der Waals surface area contributed by atoms with Crippen LogP contribution in [0.2, 0.25) is 0 Å². The first-order valence-electron chi connectivity index (χ1n) is 10.5. The molecule has 2 N–H and O–H groups in total. The summed E-state index contributed by atoms with van der Waals surface area (Å²) in [6.45, 7) is 2.63. The van der Waals surface area contributed by atoms with Crippen LogP contribution >= 0.6 is 0 Å². The van der Waals surface area contributed by atoms with Gasteiger partial charge in [-0.1, -0.05) is 18.2 Å². The van der Waals surface area contributed by atoms with Crippen molar-refractivity contribution in [2.45, 2.75) is 32.4 Å². The van der Waals surface area contributed by atoms with Gasteiger partial charge in [-0.3, -0.25) is 14.6 Å². The maximum atomic E-state index is 12.9. The van der Waals surface area contributed by atoms with Gasteiger partial charge in [0.15, 0.2) is 0 Å². The minimum atomic E-state index is -0.391. The van der Waals surface area contributed by atoms with Crippen LogP contribution in [-0.4, -0.2) is 23.3 Å². The molecule has 0 aliphatic rings. The number of carbonyl (C=O) groups excluding carboxylic acids is 2. The third-order valence-corrected chi connectivity index (χ3v) is 4.82. The molecule has 0 bridgehead atoms. The first-order valence-corrected chi connectivity index (χ1v) is 10.5. The molecule has 32 heavy (non-hydrogen) atoms. The van der Waals surface area contributed by atoms with Crippen LogP contribution in [0.5, 0.6) is 5.75 Å². The van der Waals surface area contributed by atoms with Crippen molar-refractivity contribution < 1.29 is 18.7 Å². The number of rotatable bonds is 10. The third-order valence-electron chi connectivity index (χ3n) is 4.82. The van der Waals surface area contributed by atoms with Crippen molar-refractivity contribution in [1.29, 1.82) is 0 Å². The van der Waals surface area contributed by atoms with Gasteiger partial charge in [0.25, 0.3) is 5.91 Å². The molecule has 3 rings (SSSR count). The summed E-state index contributed by atoms with van der Waals surface area (Å²) in [5.41, 5.74) is 2.15. The Bertz CT molecular complexity index is 1030. The van der Waals surface area contributed by atoms with E-state index in [1.165, 1.54) is 24.3 Å². The van der Waals surface area contributed by atoms with E-state index < -0.39 is 5.82 Å². The average molecular weight is 435 g/mol. The molecule has 0 saturated heterocycles. The summed E-state index contributed by atoms with van der Waals surface area (Å²) < 4.78 is 18.7. The first-order chi connectivity index (χ1) is 15.5. The number of pyridine rings is 1. The molecule has 1 atom stereocenters. The Balaban J connectivity index is 1.40. The van der Waals surface area contributed by atoms with Crippen LogP contribution in [0.1, 0.15) is 47.4 Å². The van der Waals surface area contributed by atoms with Crippen molar-refractivity contribution >= 4 is 11.8 Å². The van der Waals surface area contributed by atoms with Gasteiger partial charge in [-0.05, 0) is 67.4 Å². The van der Waals surface area contributed by atoms with Crippen LogP contribution in [0.15, 0.2) is 72.9 Å². The Kier molecular flexibility index (Phi) is 8.31. The zero-order valence-corrected chi connectivity index (χ0v) is 17.9. The molecular weight excluding hydrogens is 409 g/mol. The van der Waals surface area contributed by atoms with Gasteiger partial charge in [-0.25, -0.2) is 4.39 Å². The third kappa shape index (κ3) is 7.19. The van der Waals surface area contributed by atoms with Gasteiger partial charge in [-0.2, -0.15) is 0 Å². The normalized spacial score (nSPS) is 11.4. The van der Waals surface area contributed by atoms with Crippen molar-refractivity contribution in [2.24, 2.45) is 0 Å². The lowest BCUT2D eigenvalue weighted by Gasteiger charge is -2.16. The molecule has 1 heterocycles. The second-order valence-corrected chi connectivity index (χ2v) is 7.34. The summed E-state index contributed by atoms with van der Waals surface area (Å²) in [5.74, 6) is -0.0787. The number of benzene rings is 2. The Morgan fingerprint density at radius 3 is 2.62 bits per heavy atom. The standard InChI is InChI=1S/C25H26FN3O3/c1-18(20-6-4-8-23(16-20)32-17-22-7-2-3-14-27-22)29-24(30)9-5-15-28-25(31)19-10-12-21(26)13-11-19/h2-4,6-8,10-14,16,18H,5,9,15,17H2,1H3,(H,28,31)(H,29,30). The number of nitrogens with one attached hydrogen (secondary N) is 2. The summed E-state index contributed by atoms with van der Waals surface area (Å²) in [6.07, 6.45) is 2.50. The van der Waals surface area contributed by atoms with Crippen LogP contribution in [0.4, 0.5) is 4.39 Å². The second kappa shape index (κ2) is 11.6. The number of amides is 2. The Morgan fingerprint density at radius 2 is 1.88 bits per heavy atom. The van der Waals surface area contributed by atoms with E-state index in [4.69, 9.17) is 4.74 Å². The molecule has 0 aliphatic carbocycles. The highest BCUT2D eigenvalue weighted by molar-refractivity contribution is 5.94. The van der Waals surface area contributed by atoms with Crippen molar-refractivity contribution in [2.75, 3.05) is 6.54 Å². The van der Waals surface area contributed by atoms with Gasteiger partial charge in [-0.15, -0.1) is 0 Å². The van der Waals surface area contributed by atoms with Crippen molar-refractivity contribution in [1.82, 2.24) is 15.6 Å². The summed E-state index contributed by atoms with van der Waals surface area (Å²) in [4.78, 5) is 28.5. The zero-order chi connectivity index (χ0) is 22.8. The summed E-state index contributed by atoms with van der Waals surface area (Å²) in [7, 11) is 0. The molecule has 0 fully saturated rings. The molecular formula is C25H26FN3O3. The molecule has 1 aromatic heterocycles. The Morgan fingerprint density at radius 1 is 1.06 bits per heavy atom. The molecule has 1 unspecified atom stereocenters. The lowest BCUT2D eigenvalue weighted by molar-refractivity contribution is -0.121. The van der Waals surface area contributed by atoms with E-state index in [9.17, 15) is 14.0 Å². The smallest absolute Gasteiger partial charge is 0.251 e. The van der Waals surface area contributed by atoms with Gasteiger partial charge in [0, 0.05) is 24.7 Å². The molecule has 0 spiro atoms. The number of carbonyl (C=O) groups is 2. The van der Waals surface area contributed by atoms with E-state index in [2.05, 4.69) is 15.6 Å².